The summed E-state index contributed by atoms with van der Waals surface area (Å²) in [6.07, 6.45) is 1.39. The Kier molecular flexibility index (Phi) is 4.76. The molecule has 0 saturated carbocycles. The highest BCUT2D eigenvalue weighted by atomic mass is 79.9. The van der Waals surface area contributed by atoms with Crippen molar-refractivity contribution in [1.82, 2.24) is 4.98 Å². The molecule has 0 amide bonds. The predicted octanol–water partition coefficient (Wildman–Crippen LogP) is 4.32. The average Bonchev–Trinajstić information content (AvgIpc) is 3.01. The average molecular weight is 404 g/mol. The number of benzene rings is 2. The fourth-order valence-corrected chi connectivity index (χ4v) is 2.85. The van der Waals surface area contributed by atoms with Crippen molar-refractivity contribution >= 4 is 44.6 Å². The van der Waals surface area contributed by atoms with Crippen LogP contribution in [0.15, 0.2) is 45.3 Å². The zero-order chi connectivity index (χ0) is 18.0. The molecule has 1 aromatic heterocycles. The van der Waals surface area contributed by atoms with E-state index >= 15 is 0 Å². The van der Waals surface area contributed by atoms with E-state index in [2.05, 4.69) is 20.9 Å². The van der Waals surface area contributed by atoms with Gasteiger partial charge in [-0.25, -0.2) is 4.98 Å². The van der Waals surface area contributed by atoms with Gasteiger partial charge in [0.05, 0.1) is 18.0 Å². The molecule has 2 N–H and O–H groups in total. The Labute approximate surface area is 151 Å². The van der Waals surface area contributed by atoms with Crippen molar-refractivity contribution in [1.29, 1.82) is 0 Å². The van der Waals surface area contributed by atoms with E-state index < -0.39 is 5.97 Å². The number of aromatic nitrogens is 1. The molecule has 0 saturated heterocycles. The second-order valence-corrected chi connectivity index (χ2v) is 6.13. The lowest BCUT2D eigenvalue weighted by Crippen LogP contribution is -1.97. The number of phenols is 1. The van der Waals surface area contributed by atoms with Crippen molar-refractivity contribution in [3.8, 4) is 11.5 Å². The van der Waals surface area contributed by atoms with Crippen LogP contribution in [0.1, 0.15) is 17.9 Å². The van der Waals surface area contributed by atoms with Gasteiger partial charge >= 0.3 is 5.97 Å². The number of methoxy groups -OCH3 is 1. The van der Waals surface area contributed by atoms with E-state index in [1.807, 2.05) is 12.1 Å². The van der Waals surface area contributed by atoms with Crippen molar-refractivity contribution in [2.75, 3.05) is 7.11 Å². The van der Waals surface area contributed by atoms with Crippen LogP contribution in [0.3, 0.4) is 0 Å². The molecule has 0 unspecified atom stereocenters. The molecule has 0 fully saturated rings. The van der Waals surface area contributed by atoms with Gasteiger partial charge in [-0.05, 0) is 51.8 Å². The van der Waals surface area contributed by atoms with Gasteiger partial charge in [0.2, 0.25) is 5.89 Å². The van der Waals surface area contributed by atoms with Crippen LogP contribution in [0.5, 0.6) is 11.5 Å². The van der Waals surface area contributed by atoms with E-state index in [1.165, 1.54) is 7.11 Å². The summed E-state index contributed by atoms with van der Waals surface area (Å²) < 4.78 is 11.2. The summed E-state index contributed by atoms with van der Waals surface area (Å²) in [5.41, 5.74) is 2.28. The molecule has 0 aliphatic heterocycles. The number of nitrogens with zero attached hydrogens (tertiary/aromatic N) is 1. The molecule has 0 bridgehead atoms. The molecule has 0 spiro atoms. The number of fused-ring (bicyclic) bond motifs is 1. The highest BCUT2D eigenvalue weighted by Gasteiger charge is 2.15. The molecule has 3 aromatic rings. The lowest BCUT2D eigenvalue weighted by molar-refractivity contribution is -0.135. The third-order valence-electron chi connectivity index (χ3n) is 3.52. The number of hydrogen-bond acceptors (Lipinski definition) is 5. The molecular formula is C18H14BrNO5. The number of aromatic hydroxyl groups is 1. The molecule has 0 radical (unpaired) electrons. The van der Waals surface area contributed by atoms with Crippen molar-refractivity contribution in [2.24, 2.45) is 0 Å². The van der Waals surface area contributed by atoms with Crippen LogP contribution in [0.2, 0.25) is 0 Å². The van der Waals surface area contributed by atoms with Crippen LogP contribution >= 0.6 is 15.9 Å². The molecule has 25 heavy (non-hydrogen) atoms. The second kappa shape index (κ2) is 6.98. The Balaban J connectivity index is 2.10. The number of halogens is 1. The van der Waals surface area contributed by atoms with Crippen LogP contribution in [0.25, 0.3) is 22.7 Å². The number of rotatable bonds is 5. The fourth-order valence-electron chi connectivity index (χ4n) is 2.39. The Morgan fingerprint density at radius 3 is 2.80 bits per heavy atom. The number of ether oxygens (including phenoxy) is 1. The summed E-state index contributed by atoms with van der Waals surface area (Å²) in [7, 11) is 1.44. The van der Waals surface area contributed by atoms with E-state index in [0.29, 0.717) is 26.7 Å². The normalized spacial score (nSPS) is 11.7. The minimum atomic E-state index is -1.00. The first kappa shape index (κ1) is 17.0. The number of carboxylic acids is 1. The highest BCUT2D eigenvalue weighted by molar-refractivity contribution is 9.10. The van der Waals surface area contributed by atoms with Gasteiger partial charge in [-0.3, -0.25) is 4.79 Å². The summed E-state index contributed by atoms with van der Waals surface area (Å²) in [5, 5.41) is 19.1. The van der Waals surface area contributed by atoms with Gasteiger partial charge in [0.1, 0.15) is 5.52 Å². The minimum absolute atomic E-state index is 0.0266. The van der Waals surface area contributed by atoms with E-state index in [-0.39, 0.29) is 23.8 Å². The first-order chi connectivity index (χ1) is 12.0. The number of phenolic OH excluding ortho intramolecular Hbond substituents is 1. The zero-order valence-electron chi connectivity index (χ0n) is 13.2. The summed E-state index contributed by atoms with van der Waals surface area (Å²) >= 11 is 3.25. The Hall–Kier alpha value is -2.80. The van der Waals surface area contributed by atoms with Crippen molar-refractivity contribution < 1.29 is 24.2 Å². The molecule has 128 valence electrons. The van der Waals surface area contributed by atoms with Crippen LogP contribution in [-0.4, -0.2) is 28.3 Å². The lowest BCUT2D eigenvalue weighted by Gasteiger charge is -2.07. The quantitative estimate of drug-likeness (QED) is 0.658. The SMILES string of the molecule is COc1cc(C=C(CC(=O)O)c2nc3ccccc3o2)cc(Br)c1O. The summed E-state index contributed by atoms with van der Waals surface area (Å²) in [4.78, 5) is 15.6. The van der Waals surface area contributed by atoms with Gasteiger partial charge in [-0.15, -0.1) is 0 Å². The van der Waals surface area contributed by atoms with Crippen molar-refractivity contribution in [2.45, 2.75) is 6.42 Å². The molecule has 0 atom stereocenters. The largest absolute Gasteiger partial charge is 0.503 e. The minimum Gasteiger partial charge on any atom is -0.503 e. The van der Waals surface area contributed by atoms with Gasteiger partial charge in [-0.1, -0.05) is 12.1 Å². The van der Waals surface area contributed by atoms with E-state index in [4.69, 9.17) is 9.15 Å². The molecule has 2 aromatic carbocycles. The fraction of sp³-hybridized carbons (Fsp3) is 0.111. The van der Waals surface area contributed by atoms with E-state index in [1.54, 1.807) is 30.3 Å². The van der Waals surface area contributed by atoms with Crippen LogP contribution in [0, 0.1) is 0 Å². The van der Waals surface area contributed by atoms with Crippen molar-refractivity contribution in [3.63, 3.8) is 0 Å². The van der Waals surface area contributed by atoms with Gasteiger partial charge in [0, 0.05) is 5.57 Å². The first-order valence-corrected chi connectivity index (χ1v) is 8.12. The van der Waals surface area contributed by atoms with E-state index in [9.17, 15) is 15.0 Å². The monoisotopic (exact) mass is 403 g/mol. The Morgan fingerprint density at radius 2 is 2.12 bits per heavy atom. The summed E-state index contributed by atoms with van der Waals surface area (Å²) in [6.45, 7) is 0. The molecule has 1 heterocycles. The summed E-state index contributed by atoms with van der Waals surface area (Å²) in [5.74, 6) is -0.515. The van der Waals surface area contributed by atoms with Crippen LogP contribution in [-0.2, 0) is 4.79 Å². The number of para-hydroxylation sites is 2. The maximum Gasteiger partial charge on any atom is 0.308 e. The standard InChI is InChI=1S/C18H14BrNO5/c1-24-15-8-10(7-12(19)17(15)23)6-11(9-16(21)22)18-20-13-4-2-3-5-14(13)25-18/h2-8,23H,9H2,1H3,(H,21,22). The maximum atomic E-state index is 11.2. The molecule has 6 nitrogen and oxygen atoms in total. The van der Waals surface area contributed by atoms with E-state index in [0.717, 1.165) is 0 Å². The number of aliphatic carboxylic acids is 1. The molecule has 0 aliphatic rings. The molecular weight excluding hydrogens is 390 g/mol. The predicted molar refractivity (Wildman–Crippen MR) is 96.5 cm³/mol. The first-order valence-electron chi connectivity index (χ1n) is 7.32. The highest BCUT2D eigenvalue weighted by Crippen LogP contribution is 2.36. The smallest absolute Gasteiger partial charge is 0.308 e. The number of oxazole rings is 1. The molecule has 3 rings (SSSR count). The third kappa shape index (κ3) is 3.66. The number of carboxylic acid groups (broad SMARTS) is 1. The third-order valence-corrected chi connectivity index (χ3v) is 4.13. The van der Waals surface area contributed by atoms with Gasteiger partial charge in [-0.2, -0.15) is 0 Å². The Morgan fingerprint density at radius 1 is 1.36 bits per heavy atom. The van der Waals surface area contributed by atoms with Crippen molar-refractivity contribution in [3.05, 3.63) is 52.3 Å². The summed E-state index contributed by atoms with van der Waals surface area (Å²) in [6, 6.07) is 10.5. The zero-order valence-corrected chi connectivity index (χ0v) is 14.8. The number of hydrogen-bond donors (Lipinski definition) is 2. The maximum absolute atomic E-state index is 11.2. The van der Waals surface area contributed by atoms with Crippen LogP contribution in [0.4, 0.5) is 0 Å². The number of carbonyl (C=O) groups is 1. The lowest BCUT2D eigenvalue weighted by atomic mass is 10.1. The molecule has 0 aliphatic carbocycles. The van der Waals surface area contributed by atoms with Gasteiger partial charge in [0.15, 0.2) is 17.1 Å². The van der Waals surface area contributed by atoms with Gasteiger partial charge in [0.25, 0.3) is 0 Å². The van der Waals surface area contributed by atoms with Gasteiger partial charge < -0.3 is 19.4 Å². The Bertz CT molecular complexity index is 944. The van der Waals surface area contributed by atoms with Crippen LogP contribution < -0.4 is 4.74 Å². The second-order valence-electron chi connectivity index (χ2n) is 5.28. The molecule has 7 heteroatoms. The topological polar surface area (TPSA) is 92.8 Å².